The fourth-order valence-corrected chi connectivity index (χ4v) is 2.66. The molecule has 1 fully saturated rings. The van der Waals surface area contributed by atoms with Gasteiger partial charge >= 0.3 is 0 Å². The topological polar surface area (TPSA) is 32.3 Å². The van der Waals surface area contributed by atoms with E-state index in [-0.39, 0.29) is 11.9 Å². The first-order chi connectivity index (χ1) is 10.0. The number of aryl methyl sites for hydroxylation is 1. The van der Waals surface area contributed by atoms with Crippen molar-refractivity contribution in [1.29, 1.82) is 0 Å². The zero-order chi connectivity index (χ0) is 15.4. The summed E-state index contributed by atoms with van der Waals surface area (Å²) in [6.07, 6.45) is -0.387. The van der Waals surface area contributed by atoms with E-state index in [4.69, 9.17) is 0 Å². The van der Waals surface area contributed by atoms with E-state index < -0.39 is 19.1 Å². The molecule has 3 nitrogen and oxygen atoms in total. The van der Waals surface area contributed by atoms with Crippen LogP contribution in [0.1, 0.15) is 43.5 Å². The van der Waals surface area contributed by atoms with Crippen molar-refractivity contribution in [3.63, 3.8) is 0 Å². The number of carbonyl (C=O) groups is 1. The quantitative estimate of drug-likeness (QED) is 0.874. The lowest BCUT2D eigenvalue weighted by Gasteiger charge is -2.24. The predicted molar refractivity (Wildman–Crippen MR) is 78.1 cm³/mol. The molecule has 116 valence electrons. The molecule has 1 aliphatic rings. The van der Waals surface area contributed by atoms with Crippen molar-refractivity contribution in [3.8, 4) is 0 Å². The maximum Gasteiger partial charge on any atom is 0.255 e. The summed E-state index contributed by atoms with van der Waals surface area (Å²) in [7, 11) is 0. The van der Waals surface area contributed by atoms with Gasteiger partial charge in [-0.15, -0.1) is 0 Å². The molecule has 1 aliphatic heterocycles. The number of unbranched alkanes of at least 4 members (excludes halogenated alkanes) is 1. The Balaban J connectivity index is 2.19. The molecule has 1 aromatic carbocycles. The van der Waals surface area contributed by atoms with Gasteiger partial charge in [0.2, 0.25) is 5.91 Å². The van der Waals surface area contributed by atoms with Gasteiger partial charge in [0, 0.05) is 0 Å². The fraction of sp³-hybridized carbons (Fsp3) is 0.562. The van der Waals surface area contributed by atoms with E-state index in [1.165, 1.54) is 4.90 Å². The van der Waals surface area contributed by atoms with Gasteiger partial charge in [0.05, 0.1) is 12.6 Å². The maximum atomic E-state index is 12.8. The van der Waals surface area contributed by atoms with Crippen LogP contribution in [-0.2, 0) is 4.79 Å². The number of rotatable bonds is 6. The molecule has 0 radical (unpaired) electrons. The van der Waals surface area contributed by atoms with Crippen LogP contribution in [-0.4, -0.2) is 29.8 Å². The highest BCUT2D eigenvalue weighted by Gasteiger charge is 2.40. The molecule has 2 unspecified atom stereocenters. The van der Waals surface area contributed by atoms with Crippen LogP contribution in [0.3, 0.4) is 0 Å². The van der Waals surface area contributed by atoms with Gasteiger partial charge in [-0.25, -0.2) is 8.78 Å². The van der Waals surface area contributed by atoms with Crippen LogP contribution in [0.2, 0.25) is 0 Å². The Morgan fingerprint density at radius 1 is 1.29 bits per heavy atom. The lowest BCUT2D eigenvalue weighted by molar-refractivity contribution is -0.132. The Morgan fingerprint density at radius 3 is 2.52 bits per heavy atom. The standard InChI is InChI=1S/C16H22F2N2O/c1-3-4-5-13-16(21)20(10-14(17)18)15(19-13)12-8-6-11(2)7-9-12/h6-9,13-15,19H,3-5,10H2,1-2H3. The summed E-state index contributed by atoms with van der Waals surface area (Å²) in [5.41, 5.74) is 1.96. The average Bonchev–Trinajstić information content (AvgIpc) is 2.74. The van der Waals surface area contributed by atoms with Crippen molar-refractivity contribution in [2.75, 3.05) is 6.54 Å². The van der Waals surface area contributed by atoms with Crippen molar-refractivity contribution in [2.24, 2.45) is 0 Å². The average molecular weight is 296 g/mol. The molecule has 21 heavy (non-hydrogen) atoms. The fourth-order valence-electron chi connectivity index (χ4n) is 2.66. The molecule has 0 spiro atoms. The third-order valence-electron chi connectivity index (χ3n) is 3.83. The summed E-state index contributed by atoms with van der Waals surface area (Å²) < 4.78 is 25.5. The minimum atomic E-state index is -2.52. The Morgan fingerprint density at radius 2 is 1.95 bits per heavy atom. The molecule has 2 rings (SSSR count). The molecular weight excluding hydrogens is 274 g/mol. The van der Waals surface area contributed by atoms with E-state index in [1.807, 2.05) is 38.1 Å². The van der Waals surface area contributed by atoms with Crippen LogP contribution >= 0.6 is 0 Å². The van der Waals surface area contributed by atoms with E-state index in [0.717, 1.165) is 24.0 Å². The number of hydrogen-bond donors (Lipinski definition) is 1. The van der Waals surface area contributed by atoms with Gasteiger partial charge in [0.1, 0.15) is 6.17 Å². The highest BCUT2D eigenvalue weighted by molar-refractivity contribution is 5.84. The number of nitrogens with zero attached hydrogens (tertiary/aromatic N) is 1. The van der Waals surface area contributed by atoms with Gasteiger partial charge in [-0.3, -0.25) is 10.1 Å². The molecule has 1 amide bonds. The van der Waals surface area contributed by atoms with Crippen molar-refractivity contribution in [2.45, 2.75) is 51.7 Å². The normalized spacial score (nSPS) is 22.3. The Bertz CT molecular complexity index is 476. The molecule has 0 aromatic heterocycles. The summed E-state index contributed by atoms with van der Waals surface area (Å²) in [4.78, 5) is 13.6. The van der Waals surface area contributed by atoms with Crippen LogP contribution < -0.4 is 5.32 Å². The number of hydrogen-bond acceptors (Lipinski definition) is 2. The van der Waals surface area contributed by atoms with E-state index in [2.05, 4.69) is 5.32 Å². The van der Waals surface area contributed by atoms with E-state index in [0.29, 0.717) is 6.42 Å². The van der Waals surface area contributed by atoms with Gasteiger partial charge in [-0.2, -0.15) is 0 Å². The first-order valence-corrected chi connectivity index (χ1v) is 7.44. The lowest BCUT2D eigenvalue weighted by atomic mass is 10.1. The van der Waals surface area contributed by atoms with Crippen LogP contribution in [0.15, 0.2) is 24.3 Å². The Labute approximate surface area is 124 Å². The second-order valence-corrected chi connectivity index (χ2v) is 5.56. The van der Waals surface area contributed by atoms with Crippen LogP contribution in [0.4, 0.5) is 8.78 Å². The van der Waals surface area contributed by atoms with Crippen molar-refractivity contribution >= 4 is 5.91 Å². The summed E-state index contributed by atoms with van der Waals surface area (Å²) in [5, 5.41) is 3.21. The third-order valence-corrected chi connectivity index (χ3v) is 3.83. The first kappa shape index (κ1) is 15.9. The smallest absolute Gasteiger partial charge is 0.255 e. The van der Waals surface area contributed by atoms with Crippen molar-refractivity contribution < 1.29 is 13.6 Å². The maximum absolute atomic E-state index is 12.8. The summed E-state index contributed by atoms with van der Waals surface area (Å²) in [6, 6.07) is 7.29. The van der Waals surface area contributed by atoms with Gasteiger partial charge in [-0.05, 0) is 18.9 Å². The highest BCUT2D eigenvalue weighted by atomic mass is 19.3. The lowest BCUT2D eigenvalue weighted by Crippen LogP contribution is -2.35. The van der Waals surface area contributed by atoms with Crippen LogP contribution in [0.5, 0.6) is 0 Å². The highest BCUT2D eigenvalue weighted by Crippen LogP contribution is 2.28. The number of nitrogens with one attached hydrogen (secondary N) is 1. The molecule has 1 saturated heterocycles. The predicted octanol–water partition coefficient (Wildman–Crippen LogP) is 3.25. The van der Waals surface area contributed by atoms with E-state index in [1.54, 1.807) is 0 Å². The molecule has 1 N–H and O–H groups in total. The molecule has 5 heteroatoms. The van der Waals surface area contributed by atoms with Gasteiger partial charge < -0.3 is 4.90 Å². The minimum Gasteiger partial charge on any atom is -0.316 e. The van der Waals surface area contributed by atoms with Gasteiger partial charge in [0.15, 0.2) is 0 Å². The zero-order valence-corrected chi connectivity index (χ0v) is 12.5. The SMILES string of the molecule is CCCCC1NC(c2ccc(C)cc2)N(CC(F)F)C1=O. The molecule has 1 heterocycles. The van der Waals surface area contributed by atoms with Gasteiger partial charge in [0.25, 0.3) is 6.43 Å². The molecule has 0 aliphatic carbocycles. The second-order valence-electron chi connectivity index (χ2n) is 5.56. The summed E-state index contributed by atoms with van der Waals surface area (Å²) >= 11 is 0. The van der Waals surface area contributed by atoms with Crippen LogP contribution in [0, 0.1) is 6.92 Å². The molecule has 0 bridgehead atoms. The molecule has 1 aromatic rings. The number of benzene rings is 1. The number of halogens is 2. The Kier molecular flexibility index (Phi) is 5.28. The van der Waals surface area contributed by atoms with E-state index in [9.17, 15) is 13.6 Å². The third kappa shape index (κ3) is 3.79. The van der Waals surface area contributed by atoms with Crippen molar-refractivity contribution in [3.05, 3.63) is 35.4 Å². The molecular formula is C16H22F2N2O. The van der Waals surface area contributed by atoms with Crippen molar-refractivity contribution in [1.82, 2.24) is 10.2 Å². The van der Waals surface area contributed by atoms with E-state index >= 15 is 0 Å². The van der Waals surface area contributed by atoms with Crippen LogP contribution in [0.25, 0.3) is 0 Å². The monoisotopic (exact) mass is 296 g/mol. The molecule has 0 saturated carbocycles. The summed E-state index contributed by atoms with van der Waals surface area (Å²) in [5.74, 6) is -0.214. The Hall–Kier alpha value is -1.49. The number of amides is 1. The molecule has 2 atom stereocenters. The second kappa shape index (κ2) is 6.98. The minimum absolute atomic E-state index is 0.214. The largest absolute Gasteiger partial charge is 0.316 e. The number of carbonyl (C=O) groups excluding carboxylic acids is 1. The first-order valence-electron chi connectivity index (χ1n) is 7.44. The summed E-state index contributed by atoms with van der Waals surface area (Å²) in [6.45, 7) is 3.50. The zero-order valence-electron chi connectivity index (χ0n) is 12.5. The van der Waals surface area contributed by atoms with Gasteiger partial charge in [-0.1, -0.05) is 49.6 Å². The number of alkyl halides is 2.